The maximum Gasteiger partial charge on any atom is 0.0962 e. The monoisotopic (exact) mass is 250 g/mol. The molecule has 0 saturated carbocycles. The second-order valence-electron chi connectivity index (χ2n) is 4.88. The highest BCUT2D eigenvalue weighted by Crippen LogP contribution is 2.32. The molecule has 1 saturated heterocycles. The SMILES string of the molecule is CCN1CCC[C@@H]1c1ccc(SC(C)C)nc1. The first-order valence-electron chi connectivity index (χ1n) is 6.57. The number of thioether (sulfide) groups is 1. The lowest BCUT2D eigenvalue weighted by molar-refractivity contribution is 0.271. The third-order valence-electron chi connectivity index (χ3n) is 3.27. The predicted molar refractivity (Wildman–Crippen MR) is 74.5 cm³/mol. The van der Waals surface area contributed by atoms with E-state index >= 15 is 0 Å². The van der Waals surface area contributed by atoms with E-state index in [1.54, 1.807) is 0 Å². The van der Waals surface area contributed by atoms with Crippen molar-refractivity contribution in [2.45, 2.75) is 49.9 Å². The van der Waals surface area contributed by atoms with Crippen molar-refractivity contribution in [2.75, 3.05) is 13.1 Å². The van der Waals surface area contributed by atoms with Crippen molar-refractivity contribution < 1.29 is 0 Å². The maximum atomic E-state index is 4.57. The summed E-state index contributed by atoms with van der Waals surface area (Å²) in [6.07, 6.45) is 4.68. The van der Waals surface area contributed by atoms with Gasteiger partial charge in [-0.2, -0.15) is 0 Å². The highest BCUT2D eigenvalue weighted by molar-refractivity contribution is 7.99. The van der Waals surface area contributed by atoms with Gasteiger partial charge in [-0.15, -0.1) is 11.8 Å². The van der Waals surface area contributed by atoms with Gasteiger partial charge >= 0.3 is 0 Å². The fraction of sp³-hybridized carbons (Fsp3) is 0.643. The van der Waals surface area contributed by atoms with Crippen LogP contribution in [-0.4, -0.2) is 28.2 Å². The fourth-order valence-corrected chi connectivity index (χ4v) is 3.23. The van der Waals surface area contributed by atoms with Crippen LogP contribution in [0.3, 0.4) is 0 Å². The van der Waals surface area contributed by atoms with Gasteiger partial charge in [0.25, 0.3) is 0 Å². The molecule has 0 bridgehead atoms. The minimum atomic E-state index is 0.602. The van der Waals surface area contributed by atoms with E-state index in [1.165, 1.54) is 24.9 Å². The highest BCUT2D eigenvalue weighted by atomic mass is 32.2. The molecule has 0 unspecified atom stereocenters. The molecule has 0 aliphatic carbocycles. The van der Waals surface area contributed by atoms with Gasteiger partial charge in [-0.3, -0.25) is 4.90 Å². The zero-order valence-corrected chi connectivity index (χ0v) is 11.8. The summed E-state index contributed by atoms with van der Waals surface area (Å²) in [6.45, 7) is 9.04. The summed E-state index contributed by atoms with van der Waals surface area (Å²) in [5.41, 5.74) is 1.39. The molecule has 0 N–H and O–H groups in total. The van der Waals surface area contributed by atoms with Crippen molar-refractivity contribution in [3.8, 4) is 0 Å². The van der Waals surface area contributed by atoms with Crippen LogP contribution in [0.1, 0.15) is 45.2 Å². The normalized spacial score (nSPS) is 21.3. The predicted octanol–water partition coefficient (Wildman–Crippen LogP) is 3.74. The van der Waals surface area contributed by atoms with Gasteiger partial charge < -0.3 is 0 Å². The van der Waals surface area contributed by atoms with Gasteiger partial charge in [-0.1, -0.05) is 26.8 Å². The standard InChI is InChI=1S/C14H22N2S/c1-4-16-9-5-6-13(16)12-7-8-14(15-10-12)17-11(2)3/h7-8,10-11,13H,4-6,9H2,1-3H3/t13-/m1/s1. The van der Waals surface area contributed by atoms with Crippen LogP contribution >= 0.6 is 11.8 Å². The summed E-state index contributed by atoms with van der Waals surface area (Å²) in [5, 5.41) is 1.75. The summed E-state index contributed by atoms with van der Waals surface area (Å²) < 4.78 is 0. The second-order valence-corrected chi connectivity index (χ2v) is 6.48. The molecule has 94 valence electrons. The summed E-state index contributed by atoms with van der Waals surface area (Å²) >= 11 is 1.83. The molecule has 0 spiro atoms. The Morgan fingerprint density at radius 2 is 2.29 bits per heavy atom. The zero-order valence-electron chi connectivity index (χ0n) is 11.0. The number of likely N-dealkylation sites (tertiary alicyclic amines) is 1. The van der Waals surface area contributed by atoms with Crippen LogP contribution in [0.5, 0.6) is 0 Å². The third-order valence-corrected chi connectivity index (χ3v) is 4.22. The Labute approximate surface area is 109 Å². The minimum Gasteiger partial charge on any atom is -0.297 e. The molecule has 0 amide bonds. The van der Waals surface area contributed by atoms with E-state index < -0.39 is 0 Å². The molecule has 1 aromatic heterocycles. The van der Waals surface area contributed by atoms with Gasteiger partial charge in [0.1, 0.15) is 0 Å². The first kappa shape index (κ1) is 12.9. The number of pyridine rings is 1. The van der Waals surface area contributed by atoms with Gasteiger partial charge in [0.2, 0.25) is 0 Å². The van der Waals surface area contributed by atoms with Gasteiger partial charge in [0.15, 0.2) is 0 Å². The Kier molecular flexibility index (Phi) is 4.46. The first-order chi connectivity index (χ1) is 8.20. The Hall–Kier alpha value is -0.540. The third kappa shape index (κ3) is 3.23. The van der Waals surface area contributed by atoms with Crippen molar-refractivity contribution in [2.24, 2.45) is 0 Å². The Bertz CT molecular complexity index is 348. The van der Waals surface area contributed by atoms with E-state index in [0.29, 0.717) is 11.3 Å². The van der Waals surface area contributed by atoms with Gasteiger partial charge in [0, 0.05) is 17.5 Å². The second kappa shape index (κ2) is 5.87. The van der Waals surface area contributed by atoms with Gasteiger partial charge in [-0.05, 0) is 37.6 Å². The molecule has 1 aliphatic heterocycles. The van der Waals surface area contributed by atoms with Crippen LogP contribution in [0.15, 0.2) is 23.4 Å². The van der Waals surface area contributed by atoms with E-state index in [1.807, 2.05) is 11.8 Å². The molecule has 17 heavy (non-hydrogen) atoms. The van der Waals surface area contributed by atoms with Crippen LogP contribution in [0.4, 0.5) is 0 Å². The minimum absolute atomic E-state index is 0.602. The summed E-state index contributed by atoms with van der Waals surface area (Å²) in [5.74, 6) is 0. The van der Waals surface area contributed by atoms with E-state index in [2.05, 4.69) is 49.0 Å². The lowest BCUT2D eigenvalue weighted by Crippen LogP contribution is -2.22. The Morgan fingerprint density at radius 1 is 1.47 bits per heavy atom. The lowest BCUT2D eigenvalue weighted by atomic mass is 10.1. The van der Waals surface area contributed by atoms with Crippen molar-refractivity contribution in [1.29, 1.82) is 0 Å². The molecular formula is C14H22N2S. The summed E-state index contributed by atoms with van der Waals surface area (Å²) in [4.78, 5) is 7.12. The zero-order chi connectivity index (χ0) is 12.3. The molecule has 2 nitrogen and oxygen atoms in total. The molecule has 1 atom stereocenters. The van der Waals surface area contributed by atoms with Crippen molar-refractivity contribution in [3.05, 3.63) is 23.9 Å². The average Bonchev–Trinajstić information content (AvgIpc) is 2.77. The fourth-order valence-electron chi connectivity index (χ4n) is 2.48. The number of rotatable bonds is 4. The molecule has 0 radical (unpaired) electrons. The van der Waals surface area contributed by atoms with Crippen LogP contribution in [0.25, 0.3) is 0 Å². The highest BCUT2D eigenvalue weighted by Gasteiger charge is 2.24. The van der Waals surface area contributed by atoms with Crippen LogP contribution < -0.4 is 0 Å². The van der Waals surface area contributed by atoms with E-state index in [9.17, 15) is 0 Å². The summed E-state index contributed by atoms with van der Waals surface area (Å²) in [7, 11) is 0. The van der Waals surface area contributed by atoms with Gasteiger partial charge in [0.05, 0.1) is 5.03 Å². The lowest BCUT2D eigenvalue weighted by Gasteiger charge is -2.22. The number of nitrogens with zero attached hydrogens (tertiary/aromatic N) is 2. The number of hydrogen-bond donors (Lipinski definition) is 0. The molecular weight excluding hydrogens is 228 g/mol. The maximum absolute atomic E-state index is 4.57. The van der Waals surface area contributed by atoms with Crippen molar-refractivity contribution in [3.63, 3.8) is 0 Å². The van der Waals surface area contributed by atoms with Crippen molar-refractivity contribution >= 4 is 11.8 Å². The van der Waals surface area contributed by atoms with E-state index in [-0.39, 0.29) is 0 Å². The number of hydrogen-bond acceptors (Lipinski definition) is 3. The molecule has 3 heteroatoms. The van der Waals surface area contributed by atoms with Gasteiger partial charge in [-0.25, -0.2) is 4.98 Å². The van der Waals surface area contributed by atoms with E-state index in [4.69, 9.17) is 0 Å². The largest absolute Gasteiger partial charge is 0.297 e. The quantitative estimate of drug-likeness (QED) is 0.757. The number of aromatic nitrogens is 1. The van der Waals surface area contributed by atoms with Crippen LogP contribution in [0, 0.1) is 0 Å². The topological polar surface area (TPSA) is 16.1 Å². The van der Waals surface area contributed by atoms with Crippen LogP contribution in [-0.2, 0) is 0 Å². The molecule has 2 heterocycles. The molecule has 1 fully saturated rings. The van der Waals surface area contributed by atoms with Crippen LogP contribution in [0.2, 0.25) is 0 Å². The Balaban J connectivity index is 2.07. The van der Waals surface area contributed by atoms with E-state index in [0.717, 1.165) is 11.6 Å². The first-order valence-corrected chi connectivity index (χ1v) is 7.45. The Morgan fingerprint density at radius 3 is 2.88 bits per heavy atom. The molecule has 2 rings (SSSR count). The molecule has 0 aromatic carbocycles. The average molecular weight is 250 g/mol. The smallest absolute Gasteiger partial charge is 0.0962 e. The molecule has 1 aliphatic rings. The van der Waals surface area contributed by atoms with Crippen molar-refractivity contribution in [1.82, 2.24) is 9.88 Å². The summed E-state index contributed by atoms with van der Waals surface area (Å²) in [6, 6.07) is 5.04. The molecule has 1 aromatic rings.